The molecule has 0 saturated heterocycles. The highest BCUT2D eigenvalue weighted by molar-refractivity contribution is 5.77. The molecule has 0 unspecified atom stereocenters. The van der Waals surface area contributed by atoms with E-state index in [1.807, 2.05) is 31.2 Å². The first-order valence-corrected chi connectivity index (χ1v) is 9.64. The lowest BCUT2D eigenvalue weighted by Crippen LogP contribution is -2.05. The highest BCUT2D eigenvalue weighted by Gasteiger charge is 2.03. The molecule has 150 valence electrons. The summed E-state index contributed by atoms with van der Waals surface area (Å²) in [6, 6.07) is 8.55. The third kappa shape index (κ3) is 7.57. The molecular formula is C24H30O4. The third-order valence-corrected chi connectivity index (χ3v) is 4.38. The van der Waals surface area contributed by atoms with Crippen LogP contribution < -0.4 is 10.4 Å². The molecule has 1 aromatic carbocycles. The van der Waals surface area contributed by atoms with Gasteiger partial charge in [0.25, 0.3) is 0 Å². The molecule has 0 radical (unpaired) electrons. The van der Waals surface area contributed by atoms with Crippen molar-refractivity contribution in [1.29, 1.82) is 0 Å². The maximum Gasteiger partial charge on any atom is 0.336 e. The lowest BCUT2D eigenvalue weighted by molar-refractivity contribution is 0.222. The Morgan fingerprint density at radius 1 is 1.11 bits per heavy atom. The van der Waals surface area contributed by atoms with Gasteiger partial charge in [0.2, 0.25) is 0 Å². The quantitative estimate of drug-likeness (QED) is 0.455. The number of hydrogen-bond donors (Lipinski definition) is 1. The number of rotatable bonds is 9. The molecule has 0 bridgehead atoms. The minimum Gasteiger partial charge on any atom is -0.489 e. The fourth-order valence-corrected chi connectivity index (χ4v) is 2.88. The zero-order valence-corrected chi connectivity index (χ0v) is 17.2. The molecule has 0 aliphatic carbocycles. The molecular weight excluding hydrogens is 352 g/mol. The molecule has 0 aliphatic heterocycles. The zero-order valence-electron chi connectivity index (χ0n) is 17.2. The number of allylic oxidation sites excluding steroid dienone is 3. The predicted octanol–water partition coefficient (Wildman–Crippen LogP) is 5.56. The maximum atomic E-state index is 11.3. The highest BCUT2D eigenvalue weighted by atomic mass is 16.5. The second-order valence-corrected chi connectivity index (χ2v) is 7.42. The molecule has 0 saturated carbocycles. The molecule has 1 aromatic heterocycles. The van der Waals surface area contributed by atoms with E-state index in [-0.39, 0.29) is 5.63 Å². The molecule has 4 heteroatoms. The van der Waals surface area contributed by atoms with Crippen LogP contribution in [-0.4, -0.2) is 17.8 Å². The lowest BCUT2D eigenvalue weighted by Gasteiger charge is -2.09. The van der Waals surface area contributed by atoms with Crippen LogP contribution in [0.15, 0.2) is 74.5 Å². The fourth-order valence-electron chi connectivity index (χ4n) is 2.88. The summed E-state index contributed by atoms with van der Waals surface area (Å²) in [7, 11) is 0. The molecule has 4 nitrogen and oxygen atoms in total. The van der Waals surface area contributed by atoms with Crippen LogP contribution in [0.3, 0.4) is 0 Å². The van der Waals surface area contributed by atoms with E-state index in [1.54, 1.807) is 12.1 Å². The number of aliphatic hydroxyl groups excluding tert-OH is 1. The Bertz CT molecular complexity index is 927. The summed E-state index contributed by atoms with van der Waals surface area (Å²) in [6.07, 6.45) is 8.17. The van der Waals surface area contributed by atoms with Crippen LogP contribution in [0.5, 0.6) is 5.75 Å². The van der Waals surface area contributed by atoms with E-state index in [1.165, 1.54) is 17.2 Å². The van der Waals surface area contributed by atoms with Crippen LogP contribution in [0.4, 0.5) is 0 Å². The Labute approximate surface area is 166 Å². The van der Waals surface area contributed by atoms with Crippen LogP contribution in [0.1, 0.15) is 47.0 Å². The first-order chi connectivity index (χ1) is 13.3. The van der Waals surface area contributed by atoms with Crippen molar-refractivity contribution in [3.05, 3.63) is 75.7 Å². The molecule has 1 N–H and O–H groups in total. The summed E-state index contributed by atoms with van der Waals surface area (Å²) in [5.74, 6) is 0.640. The second kappa shape index (κ2) is 10.7. The molecule has 0 fully saturated rings. The SMILES string of the molecule is CC(C)=CCC/C(C)=C/[C@@H](O)CC(C)=CCOc1ccc2ccc(=O)oc2c1. The number of fused-ring (bicyclic) bond motifs is 1. The highest BCUT2D eigenvalue weighted by Crippen LogP contribution is 2.19. The van der Waals surface area contributed by atoms with Crippen LogP contribution in [0.25, 0.3) is 11.0 Å². The van der Waals surface area contributed by atoms with Gasteiger partial charge < -0.3 is 14.3 Å². The van der Waals surface area contributed by atoms with E-state index in [2.05, 4.69) is 26.8 Å². The number of hydrogen-bond acceptors (Lipinski definition) is 4. The largest absolute Gasteiger partial charge is 0.489 e. The van der Waals surface area contributed by atoms with E-state index in [4.69, 9.17) is 9.15 Å². The van der Waals surface area contributed by atoms with Crippen LogP contribution in [-0.2, 0) is 0 Å². The first kappa shape index (κ1) is 21.7. The van der Waals surface area contributed by atoms with Crippen LogP contribution in [0, 0.1) is 0 Å². The van der Waals surface area contributed by atoms with Gasteiger partial charge in [0.15, 0.2) is 0 Å². The van der Waals surface area contributed by atoms with Gasteiger partial charge in [0, 0.05) is 17.5 Å². The van der Waals surface area contributed by atoms with Gasteiger partial charge in [0.1, 0.15) is 17.9 Å². The summed E-state index contributed by atoms with van der Waals surface area (Å²) in [5, 5.41) is 11.1. The third-order valence-electron chi connectivity index (χ3n) is 4.38. The minimum absolute atomic E-state index is 0.376. The number of aliphatic hydroxyl groups is 1. The van der Waals surface area contributed by atoms with E-state index < -0.39 is 6.10 Å². The summed E-state index contributed by atoms with van der Waals surface area (Å²) < 4.78 is 10.9. The van der Waals surface area contributed by atoms with Crippen molar-refractivity contribution in [3.8, 4) is 5.75 Å². The van der Waals surface area contributed by atoms with E-state index in [0.717, 1.165) is 23.8 Å². The van der Waals surface area contributed by atoms with Gasteiger partial charge in [-0.05, 0) is 71.2 Å². The van der Waals surface area contributed by atoms with Crippen LogP contribution >= 0.6 is 0 Å². The van der Waals surface area contributed by atoms with E-state index in [9.17, 15) is 9.90 Å². The standard InChI is InChI=1S/C24H30O4/c1-17(2)6-5-7-18(3)14-21(25)15-19(4)12-13-27-22-10-8-20-9-11-24(26)28-23(20)16-22/h6,8-12,14,16,21,25H,5,7,13,15H2,1-4H3/b18-14+,19-12?/t21-/m1/s1. The van der Waals surface area contributed by atoms with Gasteiger partial charge in [-0.15, -0.1) is 0 Å². The number of benzene rings is 1. The average Bonchev–Trinajstić information content (AvgIpc) is 2.60. The molecule has 2 rings (SSSR count). The van der Waals surface area contributed by atoms with Crippen molar-refractivity contribution in [3.63, 3.8) is 0 Å². The normalized spacial score (nSPS) is 13.5. The molecule has 0 aliphatic rings. The molecule has 0 spiro atoms. The lowest BCUT2D eigenvalue weighted by atomic mass is 10.0. The Balaban J connectivity index is 1.85. The molecule has 0 amide bonds. The van der Waals surface area contributed by atoms with Crippen LogP contribution in [0.2, 0.25) is 0 Å². The summed E-state index contributed by atoms with van der Waals surface area (Å²) in [5.41, 5.74) is 3.72. The summed E-state index contributed by atoms with van der Waals surface area (Å²) in [6.45, 7) is 8.63. The Hall–Kier alpha value is -2.59. The van der Waals surface area contributed by atoms with Crippen molar-refractivity contribution in [2.75, 3.05) is 6.61 Å². The van der Waals surface area contributed by atoms with Gasteiger partial charge in [-0.25, -0.2) is 4.79 Å². The zero-order chi connectivity index (χ0) is 20.5. The molecule has 1 heterocycles. The molecule has 28 heavy (non-hydrogen) atoms. The average molecular weight is 383 g/mol. The van der Waals surface area contributed by atoms with Crippen molar-refractivity contribution >= 4 is 11.0 Å². The van der Waals surface area contributed by atoms with Crippen molar-refractivity contribution in [2.24, 2.45) is 0 Å². The van der Waals surface area contributed by atoms with E-state index >= 15 is 0 Å². The predicted molar refractivity (Wildman–Crippen MR) is 115 cm³/mol. The topological polar surface area (TPSA) is 59.7 Å². The van der Waals surface area contributed by atoms with Gasteiger partial charge in [0.05, 0.1) is 6.10 Å². The minimum atomic E-state index is -0.488. The molecule has 2 aromatic rings. The van der Waals surface area contributed by atoms with Gasteiger partial charge in [-0.2, -0.15) is 0 Å². The maximum absolute atomic E-state index is 11.3. The Kier molecular flexibility index (Phi) is 8.27. The van der Waals surface area contributed by atoms with Gasteiger partial charge in [-0.1, -0.05) is 28.9 Å². The van der Waals surface area contributed by atoms with E-state index in [0.29, 0.717) is 24.4 Å². The smallest absolute Gasteiger partial charge is 0.336 e. The fraction of sp³-hybridized carbons (Fsp3) is 0.375. The summed E-state index contributed by atoms with van der Waals surface area (Å²) >= 11 is 0. The first-order valence-electron chi connectivity index (χ1n) is 9.64. The monoisotopic (exact) mass is 382 g/mol. The molecule has 1 atom stereocenters. The van der Waals surface area contributed by atoms with Crippen molar-refractivity contribution < 1.29 is 14.3 Å². The summed E-state index contributed by atoms with van der Waals surface area (Å²) in [4.78, 5) is 11.3. The van der Waals surface area contributed by atoms with Crippen molar-refractivity contribution in [1.82, 2.24) is 0 Å². The van der Waals surface area contributed by atoms with Crippen molar-refractivity contribution in [2.45, 2.75) is 53.1 Å². The van der Waals surface area contributed by atoms with Gasteiger partial charge in [-0.3, -0.25) is 0 Å². The Morgan fingerprint density at radius 3 is 2.61 bits per heavy atom. The number of ether oxygens (including phenoxy) is 1. The van der Waals surface area contributed by atoms with Gasteiger partial charge >= 0.3 is 5.63 Å². The second-order valence-electron chi connectivity index (χ2n) is 7.42. The Morgan fingerprint density at radius 2 is 1.86 bits per heavy atom.